The van der Waals surface area contributed by atoms with Gasteiger partial charge in [0, 0.05) is 16.7 Å². The van der Waals surface area contributed by atoms with Crippen LogP contribution in [0.2, 0.25) is 0 Å². The van der Waals surface area contributed by atoms with E-state index in [1.165, 1.54) is 107 Å². The van der Waals surface area contributed by atoms with E-state index in [-0.39, 0.29) is 0 Å². The number of quaternary nitrogens is 1. The molecular formula is C36H52N+. The summed E-state index contributed by atoms with van der Waals surface area (Å²) in [5, 5.41) is 0. The maximum Gasteiger partial charge on any atom is 0.105 e. The Hall–Kier alpha value is -2.38. The standard InChI is InChI=1S/C36H52N/c1-2-3-4-5-6-7-8-9-10-11-12-13-23-30-37(31-34-24-17-14-18-25-34,32-35-26-19-15-20-27-35)33-36-28-21-16-22-29-36/h14-22,24-29H,2-13,23,30-33H2,1H3/q+1. The van der Waals surface area contributed by atoms with Gasteiger partial charge in [-0.2, -0.15) is 0 Å². The van der Waals surface area contributed by atoms with Gasteiger partial charge in [0.05, 0.1) is 6.54 Å². The zero-order valence-electron chi connectivity index (χ0n) is 23.6. The lowest BCUT2D eigenvalue weighted by molar-refractivity contribution is -0.966. The quantitative estimate of drug-likeness (QED) is 0.107. The smallest absolute Gasteiger partial charge is 0.105 e. The van der Waals surface area contributed by atoms with Crippen molar-refractivity contribution in [1.82, 2.24) is 0 Å². The topological polar surface area (TPSA) is 0 Å². The van der Waals surface area contributed by atoms with Crippen LogP contribution in [0.15, 0.2) is 91.0 Å². The predicted octanol–water partition coefficient (Wildman–Crippen LogP) is 10.5. The average Bonchev–Trinajstić information content (AvgIpc) is 2.93. The summed E-state index contributed by atoms with van der Waals surface area (Å²) in [5.41, 5.74) is 4.34. The fourth-order valence-electron chi connectivity index (χ4n) is 5.78. The molecule has 37 heavy (non-hydrogen) atoms. The number of unbranched alkanes of at least 4 members (excludes halogenated alkanes) is 12. The minimum atomic E-state index is 1.09. The van der Waals surface area contributed by atoms with Crippen LogP contribution in [0.1, 0.15) is 107 Å². The normalized spacial score (nSPS) is 11.6. The van der Waals surface area contributed by atoms with Crippen LogP contribution in [0.3, 0.4) is 0 Å². The number of rotatable bonds is 20. The maximum absolute atomic E-state index is 2.31. The van der Waals surface area contributed by atoms with E-state index in [1.807, 2.05) is 0 Å². The fraction of sp³-hybridized carbons (Fsp3) is 0.500. The van der Waals surface area contributed by atoms with Crippen LogP contribution in [0.25, 0.3) is 0 Å². The molecular weight excluding hydrogens is 446 g/mol. The Kier molecular flexibility index (Phi) is 14.2. The SMILES string of the molecule is CCCCCCCCCCCCCCC[N+](Cc1ccccc1)(Cc1ccccc1)Cc1ccccc1. The molecule has 1 nitrogen and oxygen atoms in total. The Balaban J connectivity index is 1.52. The second kappa shape index (κ2) is 18.0. The van der Waals surface area contributed by atoms with E-state index >= 15 is 0 Å². The zero-order valence-corrected chi connectivity index (χ0v) is 23.6. The van der Waals surface area contributed by atoms with E-state index in [4.69, 9.17) is 0 Å². The zero-order chi connectivity index (χ0) is 25.9. The fourth-order valence-corrected chi connectivity index (χ4v) is 5.78. The molecule has 0 unspecified atom stereocenters. The first-order chi connectivity index (χ1) is 18.3. The molecule has 200 valence electrons. The van der Waals surface area contributed by atoms with Gasteiger partial charge in [0.2, 0.25) is 0 Å². The Morgan fingerprint density at radius 2 is 0.676 bits per heavy atom. The van der Waals surface area contributed by atoms with Gasteiger partial charge in [0.25, 0.3) is 0 Å². The Labute approximate surface area is 228 Å². The van der Waals surface area contributed by atoms with Gasteiger partial charge in [-0.25, -0.2) is 0 Å². The van der Waals surface area contributed by atoms with Crippen molar-refractivity contribution in [2.24, 2.45) is 0 Å². The molecule has 0 heterocycles. The number of hydrogen-bond acceptors (Lipinski definition) is 0. The molecule has 3 aromatic rings. The maximum atomic E-state index is 2.31. The first-order valence-electron chi connectivity index (χ1n) is 15.3. The van der Waals surface area contributed by atoms with Crippen LogP contribution in [-0.2, 0) is 19.6 Å². The molecule has 0 saturated heterocycles. The van der Waals surface area contributed by atoms with Gasteiger partial charge in [-0.1, -0.05) is 169 Å². The molecule has 0 spiro atoms. The first-order valence-corrected chi connectivity index (χ1v) is 15.3. The van der Waals surface area contributed by atoms with Crippen LogP contribution >= 0.6 is 0 Å². The second-order valence-electron chi connectivity index (χ2n) is 11.2. The van der Waals surface area contributed by atoms with Crippen molar-refractivity contribution in [3.8, 4) is 0 Å². The number of benzene rings is 3. The summed E-state index contributed by atoms with van der Waals surface area (Å²) in [7, 11) is 0. The highest BCUT2D eigenvalue weighted by Gasteiger charge is 2.28. The van der Waals surface area contributed by atoms with Gasteiger partial charge in [0.15, 0.2) is 0 Å². The summed E-state index contributed by atoms with van der Waals surface area (Å²) < 4.78 is 1.09. The lowest BCUT2D eigenvalue weighted by atomic mass is 10.0. The van der Waals surface area contributed by atoms with Crippen molar-refractivity contribution >= 4 is 0 Å². The summed E-state index contributed by atoms with van der Waals surface area (Å²) in [6, 6.07) is 33.5. The molecule has 0 fully saturated rings. The molecule has 1 heteroatoms. The van der Waals surface area contributed by atoms with Gasteiger partial charge >= 0.3 is 0 Å². The number of nitrogens with zero attached hydrogens (tertiary/aromatic N) is 1. The average molecular weight is 499 g/mol. The van der Waals surface area contributed by atoms with E-state index in [0.717, 1.165) is 24.1 Å². The highest BCUT2D eigenvalue weighted by atomic mass is 15.3. The highest BCUT2D eigenvalue weighted by molar-refractivity contribution is 5.17. The van der Waals surface area contributed by atoms with Crippen LogP contribution in [0, 0.1) is 0 Å². The molecule has 0 aliphatic rings. The molecule has 0 atom stereocenters. The second-order valence-corrected chi connectivity index (χ2v) is 11.2. The summed E-state index contributed by atoms with van der Waals surface area (Å²) in [6.07, 6.45) is 18.3. The molecule has 0 aliphatic heterocycles. The minimum Gasteiger partial charge on any atom is -0.312 e. The highest BCUT2D eigenvalue weighted by Crippen LogP contribution is 2.26. The Bertz CT molecular complexity index is 817. The lowest BCUT2D eigenvalue weighted by Crippen LogP contribution is -2.46. The van der Waals surface area contributed by atoms with Gasteiger partial charge in [-0.15, -0.1) is 0 Å². The molecule has 0 amide bonds. The summed E-state index contributed by atoms with van der Waals surface area (Å²) in [4.78, 5) is 0. The molecule has 0 saturated carbocycles. The van der Waals surface area contributed by atoms with Crippen molar-refractivity contribution in [2.45, 2.75) is 110 Å². The molecule has 3 rings (SSSR count). The number of hydrogen-bond donors (Lipinski definition) is 0. The van der Waals surface area contributed by atoms with E-state index in [2.05, 4.69) is 97.9 Å². The molecule has 0 bridgehead atoms. The third-order valence-electron chi connectivity index (χ3n) is 7.82. The molecule has 0 aliphatic carbocycles. The van der Waals surface area contributed by atoms with E-state index < -0.39 is 0 Å². The molecule has 0 radical (unpaired) electrons. The Morgan fingerprint density at radius 1 is 0.378 bits per heavy atom. The van der Waals surface area contributed by atoms with Crippen molar-refractivity contribution < 1.29 is 4.48 Å². The van der Waals surface area contributed by atoms with Crippen LogP contribution in [0.4, 0.5) is 0 Å². The Morgan fingerprint density at radius 3 is 1.00 bits per heavy atom. The summed E-state index contributed by atoms with van der Waals surface area (Å²) in [5.74, 6) is 0. The van der Waals surface area contributed by atoms with Crippen molar-refractivity contribution in [3.05, 3.63) is 108 Å². The summed E-state index contributed by atoms with van der Waals surface area (Å²) >= 11 is 0. The predicted molar refractivity (Wildman–Crippen MR) is 161 cm³/mol. The van der Waals surface area contributed by atoms with Crippen LogP contribution in [0.5, 0.6) is 0 Å². The van der Waals surface area contributed by atoms with Crippen LogP contribution < -0.4 is 0 Å². The van der Waals surface area contributed by atoms with Gasteiger partial charge in [-0.3, -0.25) is 0 Å². The molecule has 3 aromatic carbocycles. The molecule has 0 N–H and O–H groups in total. The third-order valence-corrected chi connectivity index (χ3v) is 7.82. The van der Waals surface area contributed by atoms with E-state index in [9.17, 15) is 0 Å². The van der Waals surface area contributed by atoms with Crippen molar-refractivity contribution in [3.63, 3.8) is 0 Å². The van der Waals surface area contributed by atoms with Crippen molar-refractivity contribution in [1.29, 1.82) is 0 Å². The lowest BCUT2D eigenvalue weighted by Gasteiger charge is -2.39. The minimum absolute atomic E-state index is 1.09. The first kappa shape index (κ1) is 29.2. The van der Waals surface area contributed by atoms with E-state index in [1.54, 1.807) is 0 Å². The third kappa shape index (κ3) is 12.1. The monoisotopic (exact) mass is 498 g/mol. The van der Waals surface area contributed by atoms with Crippen LogP contribution in [-0.4, -0.2) is 11.0 Å². The van der Waals surface area contributed by atoms with Gasteiger partial charge in [0.1, 0.15) is 19.6 Å². The van der Waals surface area contributed by atoms with E-state index in [0.29, 0.717) is 0 Å². The molecule has 0 aromatic heterocycles. The van der Waals surface area contributed by atoms with Crippen molar-refractivity contribution in [2.75, 3.05) is 6.54 Å². The largest absolute Gasteiger partial charge is 0.312 e. The van der Waals surface area contributed by atoms with Gasteiger partial charge in [-0.05, 0) is 12.8 Å². The van der Waals surface area contributed by atoms with Gasteiger partial charge < -0.3 is 4.48 Å². The summed E-state index contributed by atoms with van der Waals surface area (Å²) in [6.45, 7) is 6.79.